The van der Waals surface area contributed by atoms with Gasteiger partial charge < -0.3 is 9.47 Å². The average Bonchev–Trinajstić information content (AvgIpc) is 2.98. The molecule has 0 saturated carbocycles. The zero-order valence-electron chi connectivity index (χ0n) is 12.3. The highest BCUT2D eigenvalue weighted by atomic mass is 32.2. The summed E-state index contributed by atoms with van der Waals surface area (Å²) in [4.78, 5) is 4.61. The second-order valence-electron chi connectivity index (χ2n) is 4.67. The number of thioether (sulfide) groups is 1. The maximum absolute atomic E-state index is 5.72. The van der Waals surface area contributed by atoms with Crippen LogP contribution in [0.25, 0.3) is 10.2 Å². The molecule has 0 amide bonds. The summed E-state index contributed by atoms with van der Waals surface area (Å²) in [5.74, 6) is 2.74. The lowest BCUT2D eigenvalue weighted by Crippen LogP contribution is -1.98. The molecule has 114 valence electrons. The number of ether oxygens (including phenoxy) is 2. The molecule has 0 unspecified atom stereocenters. The second kappa shape index (κ2) is 7.51. The smallest absolute Gasteiger partial charge is 0.151 e. The molecule has 0 fully saturated rings. The van der Waals surface area contributed by atoms with E-state index in [1.165, 1.54) is 4.70 Å². The van der Waals surface area contributed by atoms with E-state index in [2.05, 4.69) is 23.2 Å². The fourth-order valence-corrected chi connectivity index (χ4v) is 4.04. The highest BCUT2D eigenvalue weighted by Crippen LogP contribution is 2.29. The molecule has 0 aliphatic heterocycles. The van der Waals surface area contributed by atoms with Crippen molar-refractivity contribution < 1.29 is 9.47 Å². The molecule has 0 saturated heterocycles. The molecule has 0 aliphatic carbocycles. The topological polar surface area (TPSA) is 31.4 Å². The second-order valence-corrected chi connectivity index (χ2v) is 7.05. The first kappa shape index (κ1) is 15.2. The molecule has 2 aromatic carbocycles. The van der Waals surface area contributed by atoms with Gasteiger partial charge in [0.05, 0.1) is 23.9 Å². The Hall–Kier alpha value is -1.72. The average molecular weight is 331 g/mol. The zero-order valence-corrected chi connectivity index (χ0v) is 14.0. The lowest BCUT2D eigenvalue weighted by atomic mass is 10.3. The molecule has 0 aliphatic rings. The fourth-order valence-electron chi connectivity index (χ4n) is 1.99. The summed E-state index contributed by atoms with van der Waals surface area (Å²) >= 11 is 3.55. The Morgan fingerprint density at radius 1 is 1.05 bits per heavy atom. The van der Waals surface area contributed by atoms with Gasteiger partial charge in [-0.1, -0.05) is 23.9 Å². The van der Waals surface area contributed by atoms with Crippen LogP contribution in [0.3, 0.4) is 0 Å². The lowest BCUT2D eigenvalue weighted by Gasteiger charge is -2.06. The summed E-state index contributed by atoms with van der Waals surface area (Å²) in [7, 11) is 1.66. The Kier molecular flexibility index (Phi) is 5.19. The van der Waals surface area contributed by atoms with Crippen molar-refractivity contribution in [2.75, 3.05) is 19.5 Å². The predicted octanol–water partition coefficient (Wildman–Crippen LogP) is 4.87. The largest absolute Gasteiger partial charge is 0.497 e. The molecule has 1 heterocycles. The van der Waals surface area contributed by atoms with Gasteiger partial charge in [-0.25, -0.2) is 4.98 Å². The Labute approximate surface area is 138 Å². The number of fused-ring (bicyclic) bond motifs is 1. The van der Waals surface area contributed by atoms with Crippen LogP contribution in [0.4, 0.5) is 0 Å². The monoisotopic (exact) mass is 331 g/mol. The van der Waals surface area contributed by atoms with Crippen LogP contribution >= 0.6 is 23.1 Å². The lowest BCUT2D eigenvalue weighted by molar-refractivity contribution is 0.318. The van der Waals surface area contributed by atoms with Crippen LogP contribution in [-0.4, -0.2) is 24.5 Å². The molecule has 1 aromatic heterocycles. The van der Waals surface area contributed by atoms with Gasteiger partial charge in [0.25, 0.3) is 0 Å². The first-order valence-corrected chi connectivity index (χ1v) is 8.90. The number of benzene rings is 2. The number of aromatic nitrogens is 1. The van der Waals surface area contributed by atoms with Gasteiger partial charge in [0, 0.05) is 5.75 Å². The summed E-state index contributed by atoms with van der Waals surface area (Å²) in [5.41, 5.74) is 1.09. The normalized spacial score (nSPS) is 10.8. The first-order valence-electron chi connectivity index (χ1n) is 7.10. The summed E-state index contributed by atoms with van der Waals surface area (Å²) in [6.45, 7) is 0.713. The predicted molar refractivity (Wildman–Crippen MR) is 93.5 cm³/mol. The maximum atomic E-state index is 5.72. The fraction of sp³-hybridized carbons (Fsp3) is 0.235. The van der Waals surface area contributed by atoms with E-state index in [-0.39, 0.29) is 0 Å². The Balaban J connectivity index is 1.41. The van der Waals surface area contributed by atoms with Gasteiger partial charge >= 0.3 is 0 Å². The van der Waals surface area contributed by atoms with E-state index in [1.54, 1.807) is 30.2 Å². The third-order valence-corrected chi connectivity index (χ3v) is 5.38. The molecular formula is C17H17NO2S2. The molecule has 0 atom stereocenters. The molecule has 0 spiro atoms. The summed E-state index contributed by atoms with van der Waals surface area (Å²) in [5, 5.41) is 0. The molecule has 22 heavy (non-hydrogen) atoms. The number of hydrogen-bond donors (Lipinski definition) is 0. The minimum Gasteiger partial charge on any atom is -0.497 e. The van der Waals surface area contributed by atoms with Gasteiger partial charge in [-0.15, -0.1) is 11.3 Å². The van der Waals surface area contributed by atoms with Crippen molar-refractivity contribution in [1.29, 1.82) is 0 Å². The molecule has 0 N–H and O–H groups in total. The number of thiazole rings is 1. The van der Waals surface area contributed by atoms with Gasteiger partial charge in [-0.05, 0) is 42.8 Å². The van der Waals surface area contributed by atoms with Gasteiger partial charge in [0.1, 0.15) is 11.5 Å². The van der Waals surface area contributed by atoms with Crippen molar-refractivity contribution in [1.82, 2.24) is 4.98 Å². The van der Waals surface area contributed by atoms with E-state index in [9.17, 15) is 0 Å². The molecular weight excluding hydrogens is 314 g/mol. The van der Waals surface area contributed by atoms with Crippen LogP contribution in [-0.2, 0) is 0 Å². The van der Waals surface area contributed by atoms with E-state index in [4.69, 9.17) is 9.47 Å². The van der Waals surface area contributed by atoms with E-state index in [0.717, 1.165) is 33.5 Å². The molecule has 3 nitrogen and oxygen atoms in total. The quantitative estimate of drug-likeness (QED) is 0.457. The highest BCUT2D eigenvalue weighted by Gasteiger charge is 2.03. The van der Waals surface area contributed by atoms with Crippen LogP contribution < -0.4 is 9.47 Å². The highest BCUT2D eigenvalue weighted by molar-refractivity contribution is 8.01. The van der Waals surface area contributed by atoms with Crippen molar-refractivity contribution >= 4 is 33.3 Å². The van der Waals surface area contributed by atoms with Crippen LogP contribution in [0.1, 0.15) is 6.42 Å². The minimum atomic E-state index is 0.713. The number of rotatable bonds is 7. The Morgan fingerprint density at radius 2 is 1.82 bits per heavy atom. The van der Waals surface area contributed by atoms with Crippen LogP contribution in [0.5, 0.6) is 11.5 Å². The minimum absolute atomic E-state index is 0.713. The van der Waals surface area contributed by atoms with Crippen LogP contribution in [0.15, 0.2) is 52.9 Å². The van der Waals surface area contributed by atoms with Crippen molar-refractivity contribution in [3.63, 3.8) is 0 Å². The van der Waals surface area contributed by atoms with E-state index < -0.39 is 0 Å². The van der Waals surface area contributed by atoms with Crippen LogP contribution in [0, 0.1) is 0 Å². The van der Waals surface area contributed by atoms with Gasteiger partial charge in [0.15, 0.2) is 4.34 Å². The Bertz CT molecular complexity index is 692. The van der Waals surface area contributed by atoms with E-state index >= 15 is 0 Å². The molecule has 3 rings (SSSR count). The summed E-state index contributed by atoms with van der Waals surface area (Å²) in [6, 6.07) is 15.9. The third-order valence-electron chi connectivity index (χ3n) is 3.12. The van der Waals surface area contributed by atoms with Gasteiger partial charge in [-0.3, -0.25) is 0 Å². The SMILES string of the molecule is COc1ccc(OCCCSc2nc3ccccc3s2)cc1. The van der Waals surface area contributed by atoms with Crippen molar-refractivity contribution in [2.24, 2.45) is 0 Å². The van der Waals surface area contributed by atoms with Gasteiger partial charge in [-0.2, -0.15) is 0 Å². The number of hydrogen-bond acceptors (Lipinski definition) is 5. The molecule has 3 aromatic rings. The molecule has 0 radical (unpaired) electrons. The van der Waals surface area contributed by atoms with Crippen molar-refractivity contribution in [2.45, 2.75) is 10.8 Å². The van der Waals surface area contributed by atoms with Crippen molar-refractivity contribution in [3.05, 3.63) is 48.5 Å². The zero-order chi connectivity index (χ0) is 15.2. The molecule has 0 bridgehead atoms. The standard InChI is InChI=1S/C17H17NO2S2/c1-19-13-7-9-14(10-8-13)20-11-4-12-21-17-18-15-5-2-3-6-16(15)22-17/h2-3,5-10H,4,11-12H2,1H3. The first-order chi connectivity index (χ1) is 10.8. The number of nitrogens with zero attached hydrogens (tertiary/aromatic N) is 1. The van der Waals surface area contributed by atoms with Crippen LogP contribution in [0.2, 0.25) is 0 Å². The third kappa shape index (κ3) is 3.93. The maximum Gasteiger partial charge on any atom is 0.151 e. The summed E-state index contributed by atoms with van der Waals surface area (Å²) in [6.07, 6.45) is 0.993. The van der Waals surface area contributed by atoms with Gasteiger partial charge in [0.2, 0.25) is 0 Å². The van der Waals surface area contributed by atoms with Crippen molar-refractivity contribution in [3.8, 4) is 11.5 Å². The Morgan fingerprint density at radius 3 is 2.59 bits per heavy atom. The number of methoxy groups -OCH3 is 1. The van der Waals surface area contributed by atoms with E-state index in [0.29, 0.717) is 6.61 Å². The van der Waals surface area contributed by atoms with E-state index in [1.807, 2.05) is 30.3 Å². The molecule has 5 heteroatoms. The number of para-hydroxylation sites is 1. The summed E-state index contributed by atoms with van der Waals surface area (Å²) < 4.78 is 13.2.